The monoisotopic (exact) mass is 306 g/mol. The van der Waals surface area contributed by atoms with Gasteiger partial charge in [0.15, 0.2) is 5.69 Å². The van der Waals surface area contributed by atoms with Gasteiger partial charge in [0.25, 0.3) is 0 Å². The van der Waals surface area contributed by atoms with Crippen LogP contribution in [-0.2, 0) is 11.3 Å². The number of carboxylic acid groups (broad SMARTS) is 1. The van der Waals surface area contributed by atoms with Crippen LogP contribution in [0.4, 0.5) is 0 Å². The standard InChI is InChI=1S/C13H11ClN4O3/c14-9-4-1-8(2-5-9)3-6-10-12(13(20)21)16-17-18(10)7-11(15)19/h1-6H,7H2,(H2,15,19)(H,20,21)/b6-3+. The summed E-state index contributed by atoms with van der Waals surface area (Å²) in [5.41, 5.74) is 5.84. The average molecular weight is 307 g/mol. The molecule has 1 heterocycles. The zero-order chi connectivity index (χ0) is 15.4. The number of benzene rings is 1. The minimum absolute atomic E-state index is 0.191. The third-order valence-corrected chi connectivity index (χ3v) is 2.84. The number of nitrogens with two attached hydrogens (primary N) is 1. The van der Waals surface area contributed by atoms with E-state index in [9.17, 15) is 9.59 Å². The number of aromatic carboxylic acids is 1. The highest BCUT2D eigenvalue weighted by atomic mass is 35.5. The number of hydrogen-bond acceptors (Lipinski definition) is 4. The fraction of sp³-hybridized carbons (Fsp3) is 0.0769. The molecule has 1 amide bonds. The lowest BCUT2D eigenvalue weighted by atomic mass is 10.2. The quantitative estimate of drug-likeness (QED) is 0.864. The first-order valence-corrected chi connectivity index (χ1v) is 6.24. The van der Waals surface area contributed by atoms with Gasteiger partial charge in [-0.3, -0.25) is 4.79 Å². The van der Waals surface area contributed by atoms with Gasteiger partial charge in [-0.05, 0) is 23.8 Å². The molecule has 0 saturated heterocycles. The van der Waals surface area contributed by atoms with E-state index in [2.05, 4.69) is 10.3 Å². The molecule has 7 nitrogen and oxygen atoms in total. The van der Waals surface area contributed by atoms with Crippen molar-refractivity contribution in [2.75, 3.05) is 0 Å². The predicted octanol–water partition coefficient (Wildman–Crippen LogP) is 1.29. The molecule has 1 aromatic carbocycles. The molecule has 2 rings (SSSR count). The van der Waals surface area contributed by atoms with E-state index in [1.165, 1.54) is 6.08 Å². The van der Waals surface area contributed by atoms with Gasteiger partial charge in [-0.2, -0.15) is 0 Å². The summed E-state index contributed by atoms with van der Waals surface area (Å²) in [4.78, 5) is 22.1. The van der Waals surface area contributed by atoms with Crippen molar-refractivity contribution >= 4 is 35.6 Å². The molecule has 0 aliphatic rings. The molecule has 108 valence electrons. The first-order chi connectivity index (χ1) is 9.97. The smallest absolute Gasteiger partial charge is 0.358 e. The van der Waals surface area contributed by atoms with Gasteiger partial charge in [-0.15, -0.1) is 5.10 Å². The zero-order valence-electron chi connectivity index (χ0n) is 10.7. The lowest BCUT2D eigenvalue weighted by Gasteiger charge is -2.00. The highest BCUT2D eigenvalue weighted by molar-refractivity contribution is 6.30. The summed E-state index contributed by atoms with van der Waals surface area (Å²) < 4.78 is 1.14. The van der Waals surface area contributed by atoms with Crippen LogP contribution in [-0.4, -0.2) is 32.0 Å². The molecule has 0 bridgehead atoms. The van der Waals surface area contributed by atoms with E-state index >= 15 is 0 Å². The zero-order valence-corrected chi connectivity index (χ0v) is 11.5. The number of aromatic nitrogens is 3. The highest BCUT2D eigenvalue weighted by Crippen LogP contribution is 2.14. The molecular weight excluding hydrogens is 296 g/mol. The number of carbonyl (C=O) groups is 2. The van der Waals surface area contributed by atoms with Crippen LogP contribution >= 0.6 is 11.6 Å². The Labute approximate surface area is 124 Å². The van der Waals surface area contributed by atoms with E-state index < -0.39 is 11.9 Å². The molecule has 3 N–H and O–H groups in total. The maximum atomic E-state index is 11.1. The van der Waals surface area contributed by atoms with E-state index in [4.69, 9.17) is 22.4 Å². The second-order valence-electron chi connectivity index (χ2n) is 4.14. The Morgan fingerprint density at radius 3 is 2.52 bits per heavy atom. The first-order valence-electron chi connectivity index (χ1n) is 5.86. The van der Waals surface area contributed by atoms with Crippen molar-refractivity contribution in [3.8, 4) is 0 Å². The predicted molar refractivity (Wildman–Crippen MR) is 76.6 cm³/mol. The van der Waals surface area contributed by atoms with Crippen molar-refractivity contribution in [2.24, 2.45) is 5.73 Å². The Morgan fingerprint density at radius 2 is 1.95 bits per heavy atom. The van der Waals surface area contributed by atoms with Crippen molar-refractivity contribution in [1.29, 1.82) is 0 Å². The van der Waals surface area contributed by atoms with Gasteiger partial charge in [0.05, 0.1) is 5.69 Å². The number of halogens is 1. The topological polar surface area (TPSA) is 111 Å². The first kappa shape index (κ1) is 14.7. The number of nitrogens with zero attached hydrogens (tertiary/aromatic N) is 3. The van der Waals surface area contributed by atoms with E-state index in [-0.39, 0.29) is 17.9 Å². The van der Waals surface area contributed by atoms with E-state index in [0.717, 1.165) is 10.2 Å². The lowest BCUT2D eigenvalue weighted by Crippen LogP contribution is -2.20. The van der Waals surface area contributed by atoms with Gasteiger partial charge >= 0.3 is 5.97 Å². The minimum atomic E-state index is -1.23. The van der Waals surface area contributed by atoms with Crippen molar-refractivity contribution in [1.82, 2.24) is 15.0 Å². The van der Waals surface area contributed by atoms with Crippen molar-refractivity contribution in [2.45, 2.75) is 6.54 Å². The summed E-state index contributed by atoms with van der Waals surface area (Å²) in [6.45, 7) is -0.249. The molecule has 0 aliphatic heterocycles. The van der Waals surface area contributed by atoms with E-state index in [0.29, 0.717) is 5.02 Å². The van der Waals surface area contributed by atoms with Gasteiger partial charge in [-0.1, -0.05) is 35.0 Å². The normalized spacial score (nSPS) is 10.9. The summed E-state index contributed by atoms with van der Waals surface area (Å²) in [5.74, 6) is -1.88. The van der Waals surface area contributed by atoms with Crippen LogP contribution in [0, 0.1) is 0 Å². The summed E-state index contributed by atoms with van der Waals surface area (Å²) >= 11 is 5.78. The van der Waals surface area contributed by atoms with Crippen molar-refractivity contribution < 1.29 is 14.7 Å². The summed E-state index contributed by atoms with van der Waals surface area (Å²) in [5, 5.41) is 16.8. The van der Waals surface area contributed by atoms with Gasteiger partial charge in [0, 0.05) is 5.02 Å². The van der Waals surface area contributed by atoms with E-state index in [1.54, 1.807) is 30.3 Å². The minimum Gasteiger partial charge on any atom is -0.476 e. The number of amides is 1. The fourth-order valence-electron chi connectivity index (χ4n) is 1.65. The molecule has 21 heavy (non-hydrogen) atoms. The lowest BCUT2D eigenvalue weighted by molar-refractivity contribution is -0.118. The van der Waals surface area contributed by atoms with Crippen LogP contribution in [0.3, 0.4) is 0 Å². The summed E-state index contributed by atoms with van der Waals surface area (Å²) in [7, 11) is 0. The largest absolute Gasteiger partial charge is 0.476 e. The maximum Gasteiger partial charge on any atom is 0.358 e. The van der Waals surface area contributed by atoms with Crippen LogP contribution in [0.5, 0.6) is 0 Å². The molecule has 0 aliphatic carbocycles. The molecule has 0 spiro atoms. The molecule has 0 radical (unpaired) electrons. The molecule has 0 fully saturated rings. The third kappa shape index (κ3) is 3.67. The average Bonchev–Trinajstić information content (AvgIpc) is 2.80. The Bertz CT molecular complexity index is 707. The van der Waals surface area contributed by atoms with Gasteiger partial charge in [-0.25, -0.2) is 9.48 Å². The molecule has 0 atom stereocenters. The highest BCUT2D eigenvalue weighted by Gasteiger charge is 2.17. The third-order valence-electron chi connectivity index (χ3n) is 2.59. The summed E-state index contributed by atoms with van der Waals surface area (Å²) in [6.07, 6.45) is 3.18. The van der Waals surface area contributed by atoms with E-state index in [1.807, 2.05) is 0 Å². The van der Waals surface area contributed by atoms with Crippen LogP contribution in [0.25, 0.3) is 12.2 Å². The Balaban J connectivity index is 2.36. The fourth-order valence-corrected chi connectivity index (χ4v) is 1.78. The number of carbonyl (C=O) groups excluding carboxylic acids is 1. The number of primary amides is 1. The van der Waals surface area contributed by atoms with Gasteiger partial charge < -0.3 is 10.8 Å². The molecule has 0 saturated carbocycles. The van der Waals surface area contributed by atoms with Crippen LogP contribution in [0.1, 0.15) is 21.7 Å². The second-order valence-corrected chi connectivity index (χ2v) is 4.57. The van der Waals surface area contributed by atoms with Crippen LogP contribution in [0.2, 0.25) is 5.02 Å². The SMILES string of the molecule is NC(=O)Cn1nnc(C(=O)O)c1/C=C/c1ccc(Cl)cc1. The molecular formula is C13H11ClN4O3. The maximum absolute atomic E-state index is 11.1. The summed E-state index contributed by atoms with van der Waals surface area (Å²) in [6, 6.07) is 6.94. The molecule has 8 heteroatoms. The Kier molecular flexibility index (Phi) is 4.34. The molecule has 1 aromatic heterocycles. The van der Waals surface area contributed by atoms with Crippen molar-refractivity contribution in [3.63, 3.8) is 0 Å². The second kappa shape index (κ2) is 6.19. The Morgan fingerprint density at radius 1 is 1.29 bits per heavy atom. The van der Waals surface area contributed by atoms with Gasteiger partial charge in [0.1, 0.15) is 6.54 Å². The van der Waals surface area contributed by atoms with Crippen LogP contribution in [0.15, 0.2) is 24.3 Å². The Hall–Kier alpha value is -2.67. The number of rotatable bonds is 5. The van der Waals surface area contributed by atoms with Gasteiger partial charge in [0.2, 0.25) is 5.91 Å². The number of carboxylic acids is 1. The number of hydrogen-bond donors (Lipinski definition) is 2. The molecule has 0 unspecified atom stereocenters. The molecule has 2 aromatic rings. The van der Waals surface area contributed by atoms with Crippen molar-refractivity contribution in [3.05, 3.63) is 46.2 Å². The van der Waals surface area contributed by atoms with Crippen LogP contribution < -0.4 is 5.73 Å².